The summed E-state index contributed by atoms with van der Waals surface area (Å²) >= 11 is 3.59. The molecule has 3 rings (SSSR count). The fourth-order valence-corrected chi connectivity index (χ4v) is 3.79. The molecule has 3 aromatic heterocycles. The number of thiophene rings is 2. The van der Waals surface area contributed by atoms with Crippen LogP contribution in [-0.4, -0.2) is 12.0 Å². The molecule has 0 bridgehead atoms. The third kappa shape index (κ3) is 2.86. The van der Waals surface area contributed by atoms with Crippen LogP contribution in [0.4, 0.5) is 0 Å². The van der Waals surface area contributed by atoms with Gasteiger partial charge in [-0.1, -0.05) is 6.07 Å². The second-order valence-electron chi connectivity index (χ2n) is 4.53. The highest BCUT2D eigenvalue weighted by atomic mass is 32.1. The van der Waals surface area contributed by atoms with Crippen LogP contribution in [0.25, 0.3) is 10.2 Å². The molecule has 1 atom stereocenters. The average molecular weight is 288 g/mol. The van der Waals surface area contributed by atoms with Crippen molar-refractivity contribution in [3.8, 4) is 0 Å². The SMILES string of the molecule is CNC(CCc1cccs1)c1cnc2ccsc2c1. The second kappa shape index (κ2) is 5.82. The first kappa shape index (κ1) is 12.8. The van der Waals surface area contributed by atoms with Crippen LogP contribution >= 0.6 is 22.7 Å². The Balaban J connectivity index is 1.76. The topological polar surface area (TPSA) is 24.9 Å². The molecule has 0 saturated heterocycles. The third-order valence-corrected chi connectivity index (χ3v) is 5.12. The fourth-order valence-electron chi connectivity index (χ4n) is 2.27. The van der Waals surface area contributed by atoms with Crippen molar-refractivity contribution in [3.05, 3.63) is 51.7 Å². The maximum Gasteiger partial charge on any atom is 0.0809 e. The van der Waals surface area contributed by atoms with Gasteiger partial charge in [-0.15, -0.1) is 22.7 Å². The van der Waals surface area contributed by atoms with Gasteiger partial charge in [0.15, 0.2) is 0 Å². The Morgan fingerprint density at radius 3 is 3.00 bits per heavy atom. The number of aryl methyl sites for hydroxylation is 1. The summed E-state index contributed by atoms with van der Waals surface area (Å²) in [6.07, 6.45) is 4.23. The maximum atomic E-state index is 4.53. The zero-order valence-corrected chi connectivity index (χ0v) is 12.4. The fraction of sp³-hybridized carbons (Fsp3) is 0.267. The summed E-state index contributed by atoms with van der Waals surface area (Å²) in [6.45, 7) is 0. The number of nitrogens with one attached hydrogen (secondary N) is 1. The van der Waals surface area contributed by atoms with Gasteiger partial charge in [0.2, 0.25) is 0 Å². The lowest BCUT2D eigenvalue weighted by Gasteiger charge is -2.15. The minimum absolute atomic E-state index is 0.376. The molecule has 0 amide bonds. The molecule has 4 heteroatoms. The number of rotatable bonds is 5. The largest absolute Gasteiger partial charge is 0.313 e. The van der Waals surface area contributed by atoms with Crippen molar-refractivity contribution in [1.29, 1.82) is 0 Å². The van der Waals surface area contributed by atoms with Gasteiger partial charge in [-0.25, -0.2) is 0 Å². The van der Waals surface area contributed by atoms with E-state index in [9.17, 15) is 0 Å². The van der Waals surface area contributed by atoms with Crippen LogP contribution < -0.4 is 5.32 Å². The zero-order valence-electron chi connectivity index (χ0n) is 10.8. The summed E-state index contributed by atoms with van der Waals surface area (Å²) < 4.78 is 1.27. The molecule has 19 heavy (non-hydrogen) atoms. The highest BCUT2D eigenvalue weighted by molar-refractivity contribution is 7.17. The van der Waals surface area contributed by atoms with Crippen LogP contribution in [0.5, 0.6) is 0 Å². The molecule has 0 aliphatic rings. The summed E-state index contributed by atoms with van der Waals surface area (Å²) in [5.41, 5.74) is 2.39. The molecular weight excluding hydrogens is 272 g/mol. The van der Waals surface area contributed by atoms with Gasteiger partial charge in [0.05, 0.1) is 10.2 Å². The van der Waals surface area contributed by atoms with E-state index in [1.165, 1.54) is 15.1 Å². The van der Waals surface area contributed by atoms with Crippen molar-refractivity contribution in [2.75, 3.05) is 7.05 Å². The summed E-state index contributed by atoms with van der Waals surface area (Å²) in [5, 5.41) is 7.65. The first-order valence-electron chi connectivity index (χ1n) is 6.39. The highest BCUT2D eigenvalue weighted by Crippen LogP contribution is 2.25. The second-order valence-corrected chi connectivity index (χ2v) is 6.51. The minimum atomic E-state index is 0.376. The lowest BCUT2D eigenvalue weighted by Crippen LogP contribution is -2.17. The van der Waals surface area contributed by atoms with Gasteiger partial charge in [0, 0.05) is 17.1 Å². The number of fused-ring (bicyclic) bond motifs is 1. The molecule has 3 heterocycles. The highest BCUT2D eigenvalue weighted by Gasteiger charge is 2.11. The van der Waals surface area contributed by atoms with E-state index in [2.05, 4.69) is 45.3 Å². The molecule has 0 radical (unpaired) electrons. The number of aromatic nitrogens is 1. The van der Waals surface area contributed by atoms with Crippen molar-refractivity contribution in [2.24, 2.45) is 0 Å². The molecule has 1 N–H and O–H groups in total. The van der Waals surface area contributed by atoms with Gasteiger partial charge in [-0.05, 0) is 54.4 Å². The molecule has 98 valence electrons. The number of hydrogen-bond donors (Lipinski definition) is 1. The normalized spacial score (nSPS) is 12.9. The lowest BCUT2D eigenvalue weighted by molar-refractivity contribution is 0.550. The molecule has 0 fully saturated rings. The maximum absolute atomic E-state index is 4.53. The van der Waals surface area contributed by atoms with E-state index in [0.29, 0.717) is 6.04 Å². The van der Waals surface area contributed by atoms with Crippen molar-refractivity contribution >= 4 is 32.9 Å². The Morgan fingerprint density at radius 1 is 1.26 bits per heavy atom. The first-order valence-corrected chi connectivity index (χ1v) is 8.15. The van der Waals surface area contributed by atoms with E-state index in [0.717, 1.165) is 18.4 Å². The predicted octanol–water partition coefficient (Wildman–Crippen LogP) is 4.25. The molecular formula is C15H16N2S2. The summed E-state index contributed by atoms with van der Waals surface area (Å²) in [5.74, 6) is 0. The van der Waals surface area contributed by atoms with Gasteiger partial charge in [-0.2, -0.15) is 0 Å². The van der Waals surface area contributed by atoms with Crippen molar-refractivity contribution in [1.82, 2.24) is 10.3 Å². The van der Waals surface area contributed by atoms with E-state index in [1.807, 2.05) is 24.6 Å². The molecule has 0 spiro atoms. The van der Waals surface area contributed by atoms with E-state index in [1.54, 1.807) is 11.3 Å². The predicted molar refractivity (Wildman–Crippen MR) is 84.1 cm³/mol. The van der Waals surface area contributed by atoms with Gasteiger partial charge in [-0.3, -0.25) is 4.98 Å². The molecule has 2 nitrogen and oxygen atoms in total. The molecule has 3 aromatic rings. The zero-order chi connectivity index (χ0) is 13.1. The monoisotopic (exact) mass is 288 g/mol. The Bertz CT molecular complexity index is 643. The minimum Gasteiger partial charge on any atom is -0.313 e. The number of nitrogens with zero attached hydrogens (tertiary/aromatic N) is 1. The van der Waals surface area contributed by atoms with Gasteiger partial charge < -0.3 is 5.32 Å². The van der Waals surface area contributed by atoms with E-state index >= 15 is 0 Å². The van der Waals surface area contributed by atoms with Crippen molar-refractivity contribution < 1.29 is 0 Å². The van der Waals surface area contributed by atoms with Crippen LogP contribution in [-0.2, 0) is 6.42 Å². The molecule has 0 aliphatic heterocycles. The molecule has 0 saturated carbocycles. The van der Waals surface area contributed by atoms with Gasteiger partial charge in [0.25, 0.3) is 0 Å². The van der Waals surface area contributed by atoms with Crippen LogP contribution in [0.2, 0.25) is 0 Å². The third-order valence-electron chi connectivity index (χ3n) is 3.33. The van der Waals surface area contributed by atoms with E-state index < -0.39 is 0 Å². The Morgan fingerprint density at radius 2 is 2.21 bits per heavy atom. The standard InChI is InChI=1S/C15H16N2S2/c1-16-13(5-4-12-3-2-7-18-12)11-9-15-14(17-10-11)6-8-19-15/h2-3,6-10,13,16H,4-5H2,1H3. The van der Waals surface area contributed by atoms with Crippen molar-refractivity contribution in [3.63, 3.8) is 0 Å². The Labute approximate surface area is 121 Å². The lowest BCUT2D eigenvalue weighted by atomic mass is 10.0. The summed E-state index contributed by atoms with van der Waals surface area (Å²) in [7, 11) is 2.03. The van der Waals surface area contributed by atoms with E-state index in [4.69, 9.17) is 0 Å². The number of hydrogen-bond acceptors (Lipinski definition) is 4. The molecule has 0 aliphatic carbocycles. The summed E-state index contributed by atoms with van der Waals surface area (Å²) in [6, 6.07) is 9.04. The average Bonchev–Trinajstić information content (AvgIpc) is 3.09. The number of pyridine rings is 1. The first-order chi connectivity index (χ1) is 9.36. The smallest absolute Gasteiger partial charge is 0.0809 e. The van der Waals surface area contributed by atoms with Crippen LogP contribution in [0.3, 0.4) is 0 Å². The molecule has 0 aromatic carbocycles. The molecule has 1 unspecified atom stereocenters. The van der Waals surface area contributed by atoms with Crippen LogP contribution in [0.1, 0.15) is 22.9 Å². The van der Waals surface area contributed by atoms with Crippen LogP contribution in [0, 0.1) is 0 Å². The summed E-state index contributed by atoms with van der Waals surface area (Å²) in [4.78, 5) is 5.98. The quantitative estimate of drug-likeness (QED) is 0.759. The van der Waals surface area contributed by atoms with E-state index in [-0.39, 0.29) is 0 Å². The van der Waals surface area contributed by atoms with Gasteiger partial charge in [0.1, 0.15) is 0 Å². The van der Waals surface area contributed by atoms with Gasteiger partial charge >= 0.3 is 0 Å². The Kier molecular flexibility index (Phi) is 3.92. The van der Waals surface area contributed by atoms with Crippen LogP contribution in [0.15, 0.2) is 41.2 Å². The van der Waals surface area contributed by atoms with Crippen molar-refractivity contribution in [2.45, 2.75) is 18.9 Å². The Hall–Kier alpha value is -1.23.